The second kappa shape index (κ2) is 10.4. The minimum Gasteiger partial charge on any atom is -0.395 e. The summed E-state index contributed by atoms with van der Waals surface area (Å²) in [5.74, 6) is -1.56. The molecule has 1 saturated carbocycles. The van der Waals surface area contributed by atoms with Crippen molar-refractivity contribution in [2.75, 3.05) is 10.6 Å². The first-order valence-electron chi connectivity index (χ1n) is 11.2. The highest BCUT2D eigenvalue weighted by molar-refractivity contribution is 7.10. The van der Waals surface area contributed by atoms with E-state index in [-0.39, 0.29) is 28.2 Å². The fourth-order valence-electron chi connectivity index (χ4n) is 4.19. The van der Waals surface area contributed by atoms with Crippen molar-refractivity contribution in [3.8, 4) is 0 Å². The smallest absolute Gasteiger partial charge is 0.273 e. The Morgan fingerprint density at radius 2 is 1.88 bits per heavy atom. The van der Waals surface area contributed by atoms with E-state index in [1.54, 1.807) is 0 Å². The Morgan fingerprint density at radius 1 is 1.18 bits per heavy atom. The summed E-state index contributed by atoms with van der Waals surface area (Å²) in [6, 6.07) is 10.4. The van der Waals surface area contributed by atoms with E-state index in [1.165, 1.54) is 16.2 Å². The second-order valence-electron chi connectivity index (χ2n) is 8.24. The van der Waals surface area contributed by atoms with Gasteiger partial charge in [0.05, 0.1) is 5.69 Å². The maximum absolute atomic E-state index is 13.9. The van der Waals surface area contributed by atoms with Crippen molar-refractivity contribution in [2.45, 2.75) is 51.1 Å². The Bertz CT molecular complexity index is 1170. The van der Waals surface area contributed by atoms with Crippen molar-refractivity contribution >= 4 is 52.0 Å². The van der Waals surface area contributed by atoms with Gasteiger partial charge in [-0.2, -0.15) is 4.37 Å². The van der Waals surface area contributed by atoms with Gasteiger partial charge in [0.15, 0.2) is 11.7 Å². The molecular weight excluding hydrogens is 470 g/mol. The van der Waals surface area contributed by atoms with Gasteiger partial charge in [0.25, 0.3) is 11.8 Å². The molecule has 8 nitrogen and oxygen atoms in total. The van der Waals surface area contributed by atoms with Crippen molar-refractivity contribution < 1.29 is 14.4 Å². The number of rotatable bonds is 8. The standard InChI is InChI=1S/C24H27N5O3S2/c1-2-14-9-11-16(12-10-14)29(24(32)21-18(25)19(22(26)30)28-34-21)20(17-8-5-13-33-17)23(31)27-15-6-3-4-7-15/h5,8-13,15,20H,2-4,6-7,25H2,1H3,(H2,26,30)(H,27,31)/t20-/m0/s1. The molecule has 3 aromatic rings. The molecule has 1 aliphatic carbocycles. The molecule has 1 fully saturated rings. The number of aromatic nitrogens is 1. The number of amides is 3. The predicted molar refractivity (Wildman–Crippen MR) is 135 cm³/mol. The molecule has 2 aromatic heterocycles. The molecule has 0 bridgehead atoms. The normalized spacial score (nSPS) is 14.6. The van der Waals surface area contributed by atoms with Gasteiger partial charge in [0, 0.05) is 16.6 Å². The molecule has 3 amide bonds. The lowest BCUT2D eigenvalue weighted by atomic mass is 10.1. The molecule has 1 atom stereocenters. The van der Waals surface area contributed by atoms with E-state index in [9.17, 15) is 14.4 Å². The van der Waals surface area contributed by atoms with E-state index in [0.29, 0.717) is 5.69 Å². The van der Waals surface area contributed by atoms with E-state index in [4.69, 9.17) is 11.5 Å². The Balaban J connectivity index is 1.80. The topological polar surface area (TPSA) is 131 Å². The summed E-state index contributed by atoms with van der Waals surface area (Å²) in [6.45, 7) is 2.05. The fraction of sp³-hybridized carbons (Fsp3) is 0.333. The number of carbonyl (C=O) groups is 3. The molecule has 1 aromatic carbocycles. The molecule has 1 aliphatic rings. The molecule has 0 aliphatic heterocycles. The van der Waals surface area contributed by atoms with E-state index in [0.717, 1.165) is 54.1 Å². The van der Waals surface area contributed by atoms with Gasteiger partial charge in [0.2, 0.25) is 5.91 Å². The van der Waals surface area contributed by atoms with Crippen LogP contribution < -0.4 is 21.7 Å². The van der Waals surface area contributed by atoms with Crippen molar-refractivity contribution in [3.05, 3.63) is 62.8 Å². The first-order valence-corrected chi connectivity index (χ1v) is 12.9. The molecule has 5 N–H and O–H groups in total. The largest absolute Gasteiger partial charge is 0.395 e. The molecular formula is C24H27N5O3S2. The summed E-state index contributed by atoms with van der Waals surface area (Å²) < 4.78 is 3.99. The summed E-state index contributed by atoms with van der Waals surface area (Å²) in [7, 11) is 0. The number of aryl methyl sites for hydroxylation is 1. The first-order chi connectivity index (χ1) is 16.4. The van der Waals surface area contributed by atoms with Gasteiger partial charge in [0.1, 0.15) is 4.88 Å². The highest BCUT2D eigenvalue weighted by atomic mass is 32.1. The Kier molecular flexibility index (Phi) is 7.28. The van der Waals surface area contributed by atoms with Crippen LogP contribution in [0, 0.1) is 0 Å². The van der Waals surface area contributed by atoms with E-state index in [1.807, 2.05) is 48.7 Å². The summed E-state index contributed by atoms with van der Waals surface area (Å²) in [4.78, 5) is 41.5. The second-order valence-corrected chi connectivity index (χ2v) is 9.99. The number of carbonyl (C=O) groups excluding carboxylic acids is 3. The number of nitrogens with two attached hydrogens (primary N) is 2. The zero-order valence-corrected chi connectivity index (χ0v) is 20.5. The monoisotopic (exact) mass is 497 g/mol. The van der Waals surface area contributed by atoms with Crippen LogP contribution in [-0.2, 0) is 11.2 Å². The number of hydrogen-bond acceptors (Lipinski definition) is 7. The van der Waals surface area contributed by atoms with Crippen LogP contribution in [0.4, 0.5) is 11.4 Å². The van der Waals surface area contributed by atoms with Crippen LogP contribution in [0.5, 0.6) is 0 Å². The van der Waals surface area contributed by atoms with Crippen molar-refractivity contribution in [1.29, 1.82) is 0 Å². The Labute approximate surface area is 206 Å². The molecule has 2 heterocycles. The van der Waals surface area contributed by atoms with E-state index >= 15 is 0 Å². The highest BCUT2D eigenvalue weighted by Crippen LogP contribution is 2.35. The molecule has 4 rings (SSSR count). The number of benzene rings is 1. The number of thiophene rings is 1. The lowest BCUT2D eigenvalue weighted by Crippen LogP contribution is -2.46. The van der Waals surface area contributed by atoms with Crippen LogP contribution >= 0.6 is 22.9 Å². The first kappa shape index (κ1) is 23.9. The molecule has 34 heavy (non-hydrogen) atoms. The molecule has 0 radical (unpaired) electrons. The van der Waals surface area contributed by atoms with Gasteiger partial charge in [-0.15, -0.1) is 11.3 Å². The molecule has 10 heteroatoms. The van der Waals surface area contributed by atoms with Crippen molar-refractivity contribution in [1.82, 2.24) is 9.69 Å². The van der Waals surface area contributed by atoms with Gasteiger partial charge in [-0.3, -0.25) is 19.3 Å². The number of nitrogens with one attached hydrogen (secondary N) is 1. The van der Waals surface area contributed by atoms with Gasteiger partial charge in [-0.1, -0.05) is 38.0 Å². The lowest BCUT2D eigenvalue weighted by molar-refractivity contribution is -0.123. The lowest BCUT2D eigenvalue weighted by Gasteiger charge is -2.31. The van der Waals surface area contributed by atoms with E-state index in [2.05, 4.69) is 9.69 Å². The SMILES string of the molecule is CCc1ccc(N(C(=O)c2snc(C(N)=O)c2N)[C@H](C(=O)NC2CCCC2)c2cccs2)cc1. The van der Waals surface area contributed by atoms with Crippen LogP contribution in [-0.4, -0.2) is 28.1 Å². The average molecular weight is 498 g/mol. The predicted octanol–water partition coefficient (Wildman–Crippen LogP) is 3.90. The third-order valence-electron chi connectivity index (χ3n) is 6.02. The van der Waals surface area contributed by atoms with Crippen molar-refractivity contribution in [2.24, 2.45) is 5.73 Å². The zero-order chi connectivity index (χ0) is 24.2. The molecule has 0 spiro atoms. The zero-order valence-electron chi connectivity index (χ0n) is 18.8. The van der Waals surface area contributed by atoms with Crippen LogP contribution in [0.15, 0.2) is 41.8 Å². The molecule has 178 valence electrons. The van der Waals surface area contributed by atoms with Gasteiger partial charge >= 0.3 is 0 Å². The van der Waals surface area contributed by atoms with Crippen LogP contribution in [0.1, 0.15) is 69.2 Å². The maximum atomic E-state index is 13.9. The Morgan fingerprint density at radius 3 is 2.44 bits per heavy atom. The number of primary amides is 1. The maximum Gasteiger partial charge on any atom is 0.273 e. The minimum atomic E-state index is -0.904. The number of anilines is 2. The van der Waals surface area contributed by atoms with Crippen LogP contribution in [0.2, 0.25) is 0 Å². The minimum absolute atomic E-state index is 0.0705. The fourth-order valence-corrected chi connectivity index (χ4v) is 5.74. The van der Waals surface area contributed by atoms with Gasteiger partial charge in [-0.05, 0) is 59.9 Å². The number of nitrogens with zero attached hydrogens (tertiary/aromatic N) is 2. The van der Waals surface area contributed by atoms with Gasteiger partial charge in [-0.25, -0.2) is 0 Å². The number of hydrogen-bond donors (Lipinski definition) is 3. The molecule has 0 unspecified atom stereocenters. The van der Waals surface area contributed by atoms with E-state index < -0.39 is 17.9 Å². The average Bonchev–Trinajstić information content (AvgIpc) is 3.59. The quantitative estimate of drug-likeness (QED) is 0.434. The van der Waals surface area contributed by atoms with Crippen LogP contribution in [0.3, 0.4) is 0 Å². The summed E-state index contributed by atoms with van der Waals surface area (Å²) in [5.41, 5.74) is 12.9. The van der Waals surface area contributed by atoms with Gasteiger partial charge < -0.3 is 16.8 Å². The highest BCUT2D eigenvalue weighted by Gasteiger charge is 2.37. The van der Waals surface area contributed by atoms with Crippen molar-refractivity contribution in [3.63, 3.8) is 0 Å². The third-order valence-corrected chi connectivity index (χ3v) is 7.79. The summed E-state index contributed by atoms with van der Waals surface area (Å²) in [5, 5.41) is 5.02. The molecule has 0 saturated heterocycles. The van der Waals surface area contributed by atoms with Crippen LogP contribution in [0.25, 0.3) is 0 Å². The number of nitrogen functional groups attached to an aromatic ring is 1. The Hall–Kier alpha value is -3.24. The summed E-state index contributed by atoms with van der Waals surface area (Å²) >= 11 is 2.21. The summed E-state index contributed by atoms with van der Waals surface area (Å²) in [6.07, 6.45) is 4.83. The third kappa shape index (κ3) is 4.83.